The Bertz CT molecular complexity index is 602. The highest BCUT2D eigenvalue weighted by Gasteiger charge is 2.15. The van der Waals surface area contributed by atoms with Gasteiger partial charge in [0.2, 0.25) is 0 Å². The Morgan fingerprint density at radius 2 is 1.80 bits per heavy atom. The lowest BCUT2D eigenvalue weighted by molar-refractivity contribution is -0.122. The second-order valence-corrected chi connectivity index (χ2v) is 4.19. The Balaban J connectivity index is 1.98. The number of nitrogens with one attached hydrogen (secondary N) is 1. The van der Waals surface area contributed by atoms with Crippen LogP contribution in [0.15, 0.2) is 48.5 Å². The molecule has 104 valence electrons. The second kappa shape index (κ2) is 6.14. The topological polar surface area (TPSA) is 38.3 Å². The maximum absolute atomic E-state index is 13.0. The number of para-hydroxylation sites is 1. The van der Waals surface area contributed by atoms with E-state index < -0.39 is 17.7 Å². The van der Waals surface area contributed by atoms with Crippen LogP contribution in [0.3, 0.4) is 0 Å². The van der Waals surface area contributed by atoms with Crippen LogP contribution in [-0.2, 0) is 4.79 Å². The van der Waals surface area contributed by atoms with Gasteiger partial charge in [0.25, 0.3) is 5.91 Å². The Hall–Kier alpha value is -2.43. The van der Waals surface area contributed by atoms with Gasteiger partial charge in [-0.3, -0.25) is 4.79 Å². The molecule has 0 aliphatic rings. The third-order valence-electron chi connectivity index (χ3n) is 2.61. The summed E-state index contributed by atoms with van der Waals surface area (Å²) in [6, 6.07) is 12.0. The van der Waals surface area contributed by atoms with Crippen LogP contribution in [0, 0.1) is 11.6 Å². The monoisotopic (exact) mass is 277 g/mol. The van der Waals surface area contributed by atoms with E-state index in [1.165, 1.54) is 13.0 Å². The third kappa shape index (κ3) is 3.54. The van der Waals surface area contributed by atoms with Crippen molar-refractivity contribution in [2.75, 3.05) is 5.32 Å². The first kappa shape index (κ1) is 14.0. The smallest absolute Gasteiger partial charge is 0.265 e. The Morgan fingerprint density at radius 3 is 2.45 bits per heavy atom. The molecule has 1 N–H and O–H groups in total. The highest BCUT2D eigenvalue weighted by atomic mass is 19.2. The molecule has 0 aromatic heterocycles. The number of hydrogen-bond donors (Lipinski definition) is 1. The van der Waals surface area contributed by atoms with E-state index in [1.54, 1.807) is 24.3 Å². The number of benzene rings is 2. The SMILES string of the molecule is CC(Oc1ccc(F)c(F)c1)C(=O)Nc1ccccc1. The maximum atomic E-state index is 13.0. The molecule has 2 aromatic rings. The lowest BCUT2D eigenvalue weighted by atomic mass is 10.3. The number of anilines is 1. The summed E-state index contributed by atoms with van der Waals surface area (Å²) in [5, 5.41) is 2.66. The summed E-state index contributed by atoms with van der Waals surface area (Å²) in [4.78, 5) is 11.9. The largest absolute Gasteiger partial charge is 0.481 e. The molecular formula is C15H13F2NO2. The zero-order chi connectivity index (χ0) is 14.5. The molecule has 5 heteroatoms. The molecule has 0 radical (unpaired) electrons. The van der Waals surface area contributed by atoms with Gasteiger partial charge in [0.05, 0.1) is 0 Å². The van der Waals surface area contributed by atoms with Crippen molar-refractivity contribution >= 4 is 11.6 Å². The van der Waals surface area contributed by atoms with Crippen molar-refractivity contribution in [3.8, 4) is 5.75 Å². The lowest BCUT2D eigenvalue weighted by Gasteiger charge is -2.14. The van der Waals surface area contributed by atoms with Crippen molar-refractivity contribution in [2.45, 2.75) is 13.0 Å². The van der Waals surface area contributed by atoms with Gasteiger partial charge in [-0.15, -0.1) is 0 Å². The van der Waals surface area contributed by atoms with Gasteiger partial charge in [0, 0.05) is 11.8 Å². The summed E-state index contributed by atoms with van der Waals surface area (Å²) in [6.07, 6.45) is -0.833. The predicted octanol–water partition coefficient (Wildman–Crippen LogP) is 3.37. The van der Waals surface area contributed by atoms with Crippen molar-refractivity contribution in [1.82, 2.24) is 0 Å². The Morgan fingerprint density at radius 1 is 1.10 bits per heavy atom. The molecule has 2 aromatic carbocycles. The molecule has 0 fully saturated rings. The average molecular weight is 277 g/mol. The Labute approximate surface area is 115 Å². The zero-order valence-corrected chi connectivity index (χ0v) is 10.8. The molecule has 0 heterocycles. The van der Waals surface area contributed by atoms with Crippen LogP contribution < -0.4 is 10.1 Å². The van der Waals surface area contributed by atoms with Gasteiger partial charge in [-0.25, -0.2) is 8.78 Å². The van der Waals surface area contributed by atoms with E-state index in [0.29, 0.717) is 5.69 Å². The number of halogens is 2. The molecule has 0 saturated carbocycles. The first-order chi connectivity index (χ1) is 9.56. The molecule has 2 rings (SSSR count). The second-order valence-electron chi connectivity index (χ2n) is 4.19. The molecule has 3 nitrogen and oxygen atoms in total. The van der Waals surface area contributed by atoms with Gasteiger partial charge in [-0.1, -0.05) is 18.2 Å². The fraction of sp³-hybridized carbons (Fsp3) is 0.133. The van der Waals surface area contributed by atoms with E-state index in [1.807, 2.05) is 6.07 Å². The normalized spacial score (nSPS) is 11.8. The maximum Gasteiger partial charge on any atom is 0.265 e. The number of amides is 1. The molecule has 0 saturated heterocycles. The molecule has 0 bridgehead atoms. The third-order valence-corrected chi connectivity index (χ3v) is 2.61. The number of ether oxygens (including phenoxy) is 1. The lowest BCUT2D eigenvalue weighted by Crippen LogP contribution is -2.30. The van der Waals surface area contributed by atoms with Gasteiger partial charge >= 0.3 is 0 Å². The van der Waals surface area contributed by atoms with E-state index in [0.717, 1.165) is 12.1 Å². The van der Waals surface area contributed by atoms with Gasteiger partial charge in [0.15, 0.2) is 17.7 Å². The average Bonchev–Trinajstić information content (AvgIpc) is 2.44. The first-order valence-electron chi connectivity index (χ1n) is 6.04. The Kier molecular flexibility index (Phi) is 4.30. The molecule has 1 atom stereocenters. The van der Waals surface area contributed by atoms with Crippen LogP contribution in [0.1, 0.15) is 6.92 Å². The molecule has 20 heavy (non-hydrogen) atoms. The van der Waals surface area contributed by atoms with Gasteiger partial charge < -0.3 is 10.1 Å². The van der Waals surface area contributed by atoms with Crippen molar-refractivity contribution in [2.24, 2.45) is 0 Å². The van der Waals surface area contributed by atoms with E-state index in [9.17, 15) is 13.6 Å². The van der Waals surface area contributed by atoms with Gasteiger partial charge in [-0.05, 0) is 31.2 Å². The highest BCUT2D eigenvalue weighted by Crippen LogP contribution is 2.17. The van der Waals surface area contributed by atoms with E-state index >= 15 is 0 Å². The van der Waals surface area contributed by atoms with Crippen LogP contribution in [0.5, 0.6) is 5.75 Å². The molecule has 0 spiro atoms. The summed E-state index contributed by atoms with van der Waals surface area (Å²) in [5.74, 6) is -2.25. The van der Waals surface area contributed by atoms with E-state index in [2.05, 4.69) is 5.32 Å². The van der Waals surface area contributed by atoms with Crippen LogP contribution in [-0.4, -0.2) is 12.0 Å². The fourth-order valence-corrected chi connectivity index (χ4v) is 1.57. The summed E-state index contributed by atoms with van der Waals surface area (Å²) in [6.45, 7) is 1.53. The number of carbonyl (C=O) groups is 1. The van der Waals surface area contributed by atoms with Crippen molar-refractivity contribution < 1.29 is 18.3 Å². The predicted molar refractivity (Wildman–Crippen MR) is 71.5 cm³/mol. The summed E-state index contributed by atoms with van der Waals surface area (Å²) >= 11 is 0. The van der Waals surface area contributed by atoms with Crippen LogP contribution in [0.4, 0.5) is 14.5 Å². The van der Waals surface area contributed by atoms with Crippen LogP contribution in [0.2, 0.25) is 0 Å². The summed E-state index contributed by atoms with van der Waals surface area (Å²) in [7, 11) is 0. The molecular weight excluding hydrogens is 264 g/mol. The van der Waals surface area contributed by atoms with E-state index in [-0.39, 0.29) is 11.7 Å². The number of carbonyl (C=O) groups excluding carboxylic acids is 1. The van der Waals surface area contributed by atoms with E-state index in [4.69, 9.17) is 4.74 Å². The minimum absolute atomic E-state index is 0.0969. The molecule has 1 unspecified atom stereocenters. The standard InChI is InChI=1S/C15H13F2NO2/c1-10(15(19)18-11-5-3-2-4-6-11)20-12-7-8-13(16)14(17)9-12/h2-10H,1H3,(H,18,19). The summed E-state index contributed by atoms with van der Waals surface area (Å²) in [5.41, 5.74) is 0.637. The van der Waals surface area contributed by atoms with Crippen molar-refractivity contribution in [3.63, 3.8) is 0 Å². The first-order valence-corrected chi connectivity index (χ1v) is 6.04. The zero-order valence-electron chi connectivity index (χ0n) is 10.8. The van der Waals surface area contributed by atoms with Gasteiger partial charge in [-0.2, -0.15) is 0 Å². The summed E-state index contributed by atoms with van der Waals surface area (Å²) < 4.78 is 31.1. The fourth-order valence-electron chi connectivity index (χ4n) is 1.57. The highest BCUT2D eigenvalue weighted by molar-refractivity contribution is 5.94. The van der Waals surface area contributed by atoms with Crippen molar-refractivity contribution in [1.29, 1.82) is 0 Å². The van der Waals surface area contributed by atoms with Crippen LogP contribution in [0.25, 0.3) is 0 Å². The van der Waals surface area contributed by atoms with Gasteiger partial charge in [0.1, 0.15) is 5.75 Å². The molecule has 0 aliphatic carbocycles. The number of hydrogen-bond acceptors (Lipinski definition) is 2. The molecule has 1 amide bonds. The quantitative estimate of drug-likeness (QED) is 0.930. The van der Waals surface area contributed by atoms with Crippen LogP contribution >= 0.6 is 0 Å². The minimum Gasteiger partial charge on any atom is -0.481 e. The minimum atomic E-state index is -1.02. The number of rotatable bonds is 4. The molecule has 0 aliphatic heterocycles. The van der Waals surface area contributed by atoms with Crippen molar-refractivity contribution in [3.05, 3.63) is 60.2 Å².